The maximum absolute atomic E-state index is 12.5. The first-order valence-electron chi connectivity index (χ1n) is 8.58. The zero-order valence-corrected chi connectivity index (χ0v) is 15.3. The molecule has 27 heavy (non-hydrogen) atoms. The number of aryl methyl sites for hydroxylation is 1. The summed E-state index contributed by atoms with van der Waals surface area (Å²) in [6.07, 6.45) is 3.69. The summed E-state index contributed by atoms with van der Waals surface area (Å²) in [5.74, 6) is 0.530. The fraction of sp³-hybridized carbons (Fsp3) is 0.200. The topological polar surface area (TPSA) is 96.5 Å². The molecule has 0 aromatic carbocycles. The third-order valence-electron chi connectivity index (χ3n) is 4.66. The Kier molecular flexibility index (Phi) is 4.19. The van der Waals surface area contributed by atoms with E-state index in [-0.39, 0.29) is 12.2 Å². The molecule has 0 saturated carbocycles. The van der Waals surface area contributed by atoms with Gasteiger partial charge in [0.15, 0.2) is 5.78 Å². The smallest absolute Gasteiger partial charge is 0.213 e. The lowest BCUT2D eigenvalue weighted by Crippen LogP contribution is -2.06. The number of H-pyrrole nitrogens is 2. The van der Waals surface area contributed by atoms with E-state index in [4.69, 9.17) is 4.74 Å². The molecule has 2 N–H and O–H groups in total. The molecule has 0 atom stereocenters. The Bertz CT molecular complexity index is 1140. The van der Waals surface area contributed by atoms with Crippen molar-refractivity contribution in [1.29, 1.82) is 0 Å². The van der Waals surface area contributed by atoms with Crippen molar-refractivity contribution in [2.24, 2.45) is 0 Å². The van der Waals surface area contributed by atoms with Crippen molar-refractivity contribution in [1.82, 2.24) is 25.1 Å². The van der Waals surface area contributed by atoms with Crippen molar-refractivity contribution < 1.29 is 9.53 Å². The van der Waals surface area contributed by atoms with E-state index in [0.29, 0.717) is 11.6 Å². The van der Waals surface area contributed by atoms with Crippen molar-refractivity contribution in [3.05, 3.63) is 59.2 Å². The average Bonchev–Trinajstić information content (AvgIpc) is 3.25. The number of carbonyl (C=O) groups is 1. The summed E-state index contributed by atoms with van der Waals surface area (Å²) in [7, 11) is 1.59. The van der Waals surface area contributed by atoms with Gasteiger partial charge in [-0.25, -0.2) is 9.97 Å². The lowest BCUT2D eigenvalue weighted by atomic mass is 10.0. The first-order chi connectivity index (χ1) is 13.0. The molecule has 4 aromatic rings. The van der Waals surface area contributed by atoms with Crippen LogP contribution in [0.25, 0.3) is 22.3 Å². The highest BCUT2D eigenvalue weighted by Crippen LogP contribution is 2.25. The number of pyridine rings is 2. The quantitative estimate of drug-likeness (QED) is 0.531. The second-order valence-electron chi connectivity index (χ2n) is 6.47. The summed E-state index contributed by atoms with van der Waals surface area (Å²) < 4.78 is 5.18. The van der Waals surface area contributed by atoms with Crippen LogP contribution in [-0.4, -0.2) is 38.0 Å². The maximum atomic E-state index is 12.5. The van der Waals surface area contributed by atoms with Crippen LogP contribution in [0.15, 0.2) is 36.7 Å². The Hall–Kier alpha value is -3.48. The van der Waals surface area contributed by atoms with Gasteiger partial charge in [0.1, 0.15) is 11.3 Å². The molecule has 7 heteroatoms. The fourth-order valence-electron chi connectivity index (χ4n) is 3.03. The first-order valence-corrected chi connectivity index (χ1v) is 8.58. The minimum Gasteiger partial charge on any atom is -0.481 e. The molecule has 0 amide bonds. The molecule has 7 nitrogen and oxygen atoms in total. The first kappa shape index (κ1) is 17.0. The van der Waals surface area contributed by atoms with Crippen molar-refractivity contribution >= 4 is 16.8 Å². The number of fused-ring (bicyclic) bond motifs is 1. The van der Waals surface area contributed by atoms with Crippen molar-refractivity contribution in [2.45, 2.75) is 20.3 Å². The summed E-state index contributed by atoms with van der Waals surface area (Å²) in [4.78, 5) is 24.4. The SMILES string of the molecule is COc1cc(-c2cc3cc(CC(=O)c4n[nH]c(C)c4C)cnc3[nH]2)ccn1. The van der Waals surface area contributed by atoms with E-state index in [0.717, 1.165) is 39.1 Å². The number of rotatable bonds is 5. The van der Waals surface area contributed by atoms with Crippen LogP contribution < -0.4 is 4.74 Å². The van der Waals surface area contributed by atoms with Crippen LogP contribution in [0.2, 0.25) is 0 Å². The number of Topliss-reactive ketones (excluding diaryl/α,β-unsaturated/α-hetero) is 1. The zero-order chi connectivity index (χ0) is 19.0. The fourth-order valence-corrected chi connectivity index (χ4v) is 3.03. The Morgan fingerprint density at radius 1 is 1.19 bits per heavy atom. The van der Waals surface area contributed by atoms with E-state index in [1.165, 1.54) is 0 Å². The van der Waals surface area contributed by atoms with E-state index >= 15 is 0 Å². The number of nitrogens with zero attached hydrogens (tertiary/aromatic N) is 3. The molecule has 0 bridgehead atoms. The van der Waals surface area contributed by atoms with Crippen molar-refractivity contribution in [3.63, 3.8) is 0 Å². The van der Waals surface area contributed by atoms with Crippen LogP contribution in [-0.2, 0) is 6.42 Å². The van der Waals surface area contributed by atoms with Crippen LogP contribution in [0.5, 0.6) is 5.88 Å². The number of ketones is 1. The summed E-state index contributed by atoms with van der Waals surface area (Å²) in [5.41, 5.74) is 5.79. The largest absolute Gasteiger partial charge is 0.481 e. The molecule has 0 aliphatic heterocycles. The monoisotopic (exact) mass is 361 g/mol. The molecule has 0 saturated heterocycles. The van der Waals surface area contributed by atoms with Crippen molar-refractivity contribution in [2.75, 3.05) is 7.11 Å². The van der Waals surface area contributed by atoms with Crippen LogP contribution in [0, 0.1) is 13.8 Å². The van der Waals surface area contributed by atoms with Gasteiger partial charge >= 0.3 is 0 Å². The molecule has 4 aromatic heterocycles. The third kappa shape index (κ3) is 3.19. The molecular weight excluding hydrogens is 342 g/mol. The molecule has 0 radical (unpaired) electrons. The molecule has 0 spiro atoms. The zero-order valence-electron chi connectivity index (χ0n) is 15.3. The van der Waals surface area contributed by atoms with Gasteiger partial charge in [0, 0.05) is 52.8 Å². The lowest BCUT2D eigenvalue weighted by molar-refractivity contribution is 0.0987. The van der Waals surface area contributed by atoms with Gasteiger partial charge in [0.05, 0.1) is 7.11 Å². The van der Waals surface area contributed by atoms with E-state index in [2.05, 4.69) is 25.1 Å². The minimum atomic E-state index is -0.0207. The molecule has 0 unspecified atom stereocenters. The standard InChI is InChI=1S/C20H19N5O2/c1-11-12(2)24-25-19(11)17(26)7-13-6-15-8-16(23-20(15)22-10-13)14-4-5-21-18(9-14)27-3/h4-6,8-10H,7H2,1-3H3,(H,22,23)(H,24,25). The number of nitrogens with one attached hydrogen (secondary N) is 2. The Morgan fingerprint density at radius 2 is 2.04 bits per heavy atom. The Balaban J connectivity index is 1.62. The van der Waals surface area contributed by atoms with E-state index in [1.807, 2.05) is 38.1 Å². The molecule has 136 valence electrons. The Labute approximate surface area is 155 Å². The number of carbonyl (C=O) groups excluding carboxylic acids is 1. The second-order valence-corrected chi connectivity index (χ2v) is 6.47. The van der Waals surface area contributed by atoms with Crippen LogP contribution >= 0.6 is 0 Å². The van der Waals surface area contributed by atoms with Crippen molar-refractivity contribution in [3.8, 4) is 17.1 Å². The van der Waals surface area contributed by atoms with Crippen LogP contribution in [0.4, 0.5) is 0 Å². The number of methoxy groups -OCH3 is 1. The molecule has 4 rings (SSSR count). The van der Waals surface area contributed by atoms with Gasteiger partial charge in [-0.2, -0.15) is 5.10 Å². The Morgan fingerprint density at radius 3 is 2.78 bits per heavy atom. The highest BCUT2D eigenvalue weighted by Gasteiger charge is 2.16. The van der Waals surface area contributed by atoms with Gasteiger partial charge in [-0.1, -0.05) is 0 Å². The van der Waals surface area contributed by atoms with Gasteiger partial charge < -0.3 is 9.72 Å². The predicted molar refractivity (Wildman–Crippen MR) is 102 cm³/mol. The van der Waals surface area contributed by atoms with Crippen LogP contribution in [0.1, 0.15) is 27.3 Å². The summed E-state index contributed by atoms with van der Waals surface area (Å²) in [6, 6.07) is 7.75. The summed E-state index contributed by atoms with van der Waals surface area (Å²) in [5, 5.41) is 7.92. The highest BCUT2D eigenvalue weighted by atomic mass is 16.5. The molecular formula is C20H19N5O2. The highest BCUT2D eigenvalue weighted by molar-refractivity contribution is 5.97. The number of hydrogen-bond acceptors (Lipinski definition) is 5. The lowest BCUT2D eigenvalue weighted by Gasteiger charge is -2.00. The average molecular weight is 361 g/mol. The predicted octanol–water partition coefficient (Wildman–Crippen LogP) is 3.40. The van der Waals surface area contributed by atoms with Gasteiger partial charge in [-0.3, -0.25) is 9.89 Å². The van der Waals surface area contributed by atoms with E-state index in [9.17, 15) is 4.79 Å². The third-order valence-corrected chi connectivity index (χ3v) is 4.66. The van der Waals surface area contributed by atoms with E-state index < -0.39 is 0 Å². The minimum absolute atomic E-state index is 0.0207. The maximum Gasteiger partial charge on any atom is 0.213 e. The normalized spacial score (nSPS) is 11.1. The number of ether oxygens (including phenoxy) is 1. The van der Waals surface area contributed by atoms with Crippen LogP contribution in [0.3, 0.4) is 0 Å². The van der Waals surface area contributed by atoms with Gasteiger partial charge in [0.2, 0.25) is 5.88 Å². The molecule has 0 aliphatic rings. The number of hydrogen-bond donors (Lipinski definition) is 2. The second kappa shape index (κ2) is 6.68. The van der Waals surface area contributed by atoms with Gasteiger partial charge in [-0.05, 0) is 37.6 Å². The van der Waals surface area contributed by atoms with Gasteiger partial charge in [0.25, 0.3) is 0 Å². The molecule has 0 aliphatic carbocycles. The summed E-state index contributed by atoms with van der Waals surface area (Å²) in [6.45, 7) is 3.80. The summed E-state index contributed by atoms with van der Waals surface area (Å²) >= 11 is 0. The van der Waals surface area contributed by atoms with Gasteiger partial charge in [-0.15, -0.1) is 0 Å². The number of aromatic amines is 2. The van der Waals surface area contributed by atoms with E-state index in [1.54, 1.807) is 19.5 Å². The molecule has 4 heterocycles. The number of aromatic nitrogens is 5. The molecule has 0 fully saturated rings.